The zero-order valence-corrected chi connectivity index (χ0v) is 8.33. The summed E-state index contributed by atoms with van der Waals surface area (Å²) in [5.74, 6) is 0.0995. The van der Waals surface area contributed by atoms with Crippen LogP contribution in [0.2, 0.25) is 0 Å². The first-order valence-electron chi connectivity index (χ1n) is 4.71. The molecule has 2 fully saturated rings. The molecule has 0 bridgehead atoms. The Morgan fingerprint density at radius 2 is 1.77 bits per heavy atom. The van der Waals surface area contributed by atoms with Gasteiger partial charge in [0, 0.05) is 0 Å². The van der Waals surface area contributed by atoms with Crippen LogP contribution in [-0.4, -0.2) is 55.2 Å². The van der Waals surface area contributed by atoms with Gasteiger partial charge in [-0.25, -0.2) is 8.42 Å². The quantitative estimate of drug-likeness (QED) is 0.611. The number of likely N-dealkylation sites (tertiary alicyclic amines) is 1. The smallest absolute Gasteiger partial charge is 0.154 e. The highest BCUT2D eigenvalue weighted by atomic mass is 32.2. The Hall–Kier alpha value is -0.130. The fraction of sp³-hybridized carbons (Fsp3) is 1.00. The Bertz CT molecular complexity index is 282. The maximum atomic E-state index is 11.2. The summed E-state index contributed by atoms with van der Waals surface area (Å²) in [6.07, 6.45) is 1.59. The van der Waals surface area contributed by atoms with Crippen LogP contribution >= 0.6 is 0 Å². The molecule has 2 heterocycles. The van der Waals surface area contributed by atoms with E-state index < -0.39 is 15.9 Å². The first kappa shape index (κ1) is 9.43. The van der Waals surface area contributed by atoms with Gasteiger partial charge in [-0.2, -0.15) is 0 Å². The van der Waals surface area contributed by atoms with Crippen LogP contribution in [0.5, 0.6) is 0 Å². The van der Waals surface area contributed by atoms with Crippen LogP contribution in [0.1, 0.15) is 12.8 Å². The van der Waals surface area contributed by atoms with Crippen molar-refractivity contribution in [3.63, 3.8) is 0 Å². The molecule has 2 saturated heterocycles. The predicted molar refractivity (Wildman–Crippen MR) is 49.3 cm³/mol. The van der Waals surface area contributed by atoms with Crippen molar-refractivity contribution in [2.45, 2.75) is 25.0 Å². The lowest BCUT2D eigenvalue weighted by Crippen LogP contribution is -2.41. The van der Waals surface area contributed by atoms with Gasteiger partial charge in [-0.05, 0) is 25.9 Å². The minimum atomic E-state index is -2.97. The zero-order valence-electron chi connectivity index (χ0n) is 7.52. The highest BCUT2D eigenvalue weighted by Crippen LogP contribution is 2.22. The van der Waals surface area contributed by atoms with Crippen molar-refractivity contribution in [2.75, 3.05) is 24.6 Å². The van der Waals surface area contributed by atoms with Gasteiger partial charge in [0.1, 0.15) is 0 Å². The third-order valence-electron chi connectivity index (χ3n) is 2.90. The molecule has 1 N–H and O–H groups in total. The van der Waals surface area contributed by atoms with E-state index in [9.17, 15) is 13.5 Å². The van der Waals surface area contributed by atoms with E-state index in [0.717, 1.165) is 25.9 Å². The molecule has 13 heavy (non-hydrogen) atoms. The average Bonchev–Trinajstić information content (AvgIpc) is 2.56. The average molecular weight is 205 g/mol. The molecule has 0 spiro atoms. The van der Waals surface area contributed by atoms with Gasteiger partial charge in [0.2, 0.25) is 0 Å². The summed E-state index contributed by atoms with van der Waals surface area (Å²) in [6.45, 7) is 1.88. The molecular weight excluding hydrogens is 190 g/mol. The van der Waals surface area contributed by atoms with E-state index in [-0.39, 0.29) is 17.5 Å². The minimum Gasteiger partial charge on any atom is -0.390 e. The molecule has 76 valence electrons. The van der Waals surface area contributed by atoms with Crippen molar-refractivity contribution in [3.8, 4) is 0 Å². The van der Waals surface area contributed by atoms with Crippen LogP contribution in [0.4, 0.5) is 0 Å². The predicted octanol–water partition coefficient (Wildman–Crippen LogP) is -0.760. The van der Waals surface area contributed by atoms with E-state index in [0.29, 0.717) is 0 Å². The third kappa shape index (κ3) is 1.87. The lowest BCUT2D eigenvalue weighted by atomic mass is 10.2. The molecule has 5 heteroatoms. The third-order valence-corrected chi connectivity index (χ3v) is 4.60. The van der Waals surface area contributed by atoms with Gasteiger partial charge in [0.05, 0.1) is 23.7 Å². The van der Waals surface area contributed by atoms with E-state index >= 15 is 0 Å². The van der Waals surface area contributed by atoms with Gasteiger partial charge in [-0.3, -0.25) is 4.90 Å². The first-order valence-corrected chi connectivity index (χ1v) is 6.53. The maximum absolute atomic E-state index is 11.2. The molecule has 0 amide bonds. The van der Waals surface area contributed by atoms with Gasteiger partial charge in [-0.1, -0.05) is 0 Å². The Labute approximate surface area is 78.5 Å². The first-order chi connectivity index (χ1) is 6.08. The summed E-state index contributed by atoms with van der Waals surface area (Å²) in [6, 6.07) is -0.132. The molecule has 0 aliphatic carbocycles. The molecule has 2 aliphatic rings. The summed E-state index contributed by atoms with van der Waals surface area (Å²) >= 11 is 0. The summed E-state index contributed by atoms with van der Waals surface area (Å²) in [5, 5.41) is 9.56. The fourth-order valence-electron chi connectivity index (χ4n) is 2.23. The molecule has 2 atom stereocenters. The monoisotopic (exact) mass is 205 g/mol. The maximum Gasteiger partial charge on any atom is 0.154 e. The number of hydrogen-bond donors (Lipinski definition) is 1. The van der Waals surface area contributed by atoms with Crippen LogP contribution in [0.3, 0.4) is 0 Å². The van der Waals surface area contributed by atoms with Crippen LogP contribution in [0, 0.1) is 0 Å². The molecule has 0 aromatic rings. The van der Waals surface area contributed by atoms with Crippen molar-refractivity contribution >= 4 is 9.84 Å². The van der Waals surface area contributed by atoms with E-state index in [1.165, 1.54) is 0 Å². The van der Waals surface area contributed by atoms with Crippen molar-refractivity contribution in [3.05, 3.63) is 0 Å². The van der Waals surface area contributed by atoms with Crippen LogP contribution in [-0.2, 0) is 9.84 Å². The molecule has 2 rings (SSSR count). The van der Waals surface area contributed by atoms with Crippen molar-refractivity contribution < 1.29 is 13.5 Å². The number of sulfone groups is 1. The van der Waals surface area contributed by atoms with E-state index in [1.807, 2.05) is 0 Å². The molecule has 0 aromatic heterocycles. The largest absolute Gasteiger partial charge is 0.390 e. The van der Waals surface area contributed by atoms with E-state index in [1.54, 1.807) is 0 Å². The van der Waals surface area contributed by atoms with E-state index in [2.05, 4.69) is 4.90 Å². The molecule has 2 aliphatic heterocycles. The molecule has 0 aromatic carbocycles. The second-order valence-electron chi connectivity index (χ2n) is 3.95. The van der Waals surface area contributed by atoms with Gasteiger partial charge < -0.3 is 5.11 Å². The Morgan fingerprint density at radius 1 is 1.15 bits per heavy atom. The number of rotatable bonds is 1. The topological polar surface area (TPSA) is 57.6 Å². The summed E-state index contributed by atoms with van der Waals surface area (Å²) < 4.78 is 22.4. The van der Waals surface area contributed by atoms with Crippen LogP contribution < -0.4 is 0 Å². The van der Waals surface area contributed by atoms with Crippen molar-refractivity contribution in [1.29, 1.82) is 0 Å². The van der Waals surface area contributed by atoms with Gasteiger partial charge in [0.25, 0.3) is 0 Å². The van der Waals surface area contributed by atoms with Gasteiger partial charge in [0.15, 0.2) is 9.84 Å². The van der Waals surface area contributed by atoms with Crippen LogP contribution in [0.15, 0.2) is 0 Å². The molecule has 0 saturated carbocycles. The van der Waals surface area contributed by atoms with Gasteiger partial charge >= 0.3 is 0 Å². The molecule has 0 radical (unpaired) electrons. The summed E-state index contributed by atoms with van der Waals surface area (Å²) in [7, 11) is -2.97. The standard InChI is InChI=1S/C8H15NO3S/c10-8-6-13(11,12)5-7(8)9-3-1-2-4-9/h7-8,10H,1-6H2/t7-,8-/m1/s1. The summed E-state index contributed by atoms with van der Waals surface area (Å²) in [4.78, 5) is 2.11. The second-order valence-corrected chi connectivity index (χ2v) is 6.11. The van der Waals surface area contributed by atoms with Crippen LogP contribution in [0.25, 0.3) is 0 Å². The molecular formula is C8H15NO3S. The number of hydrogen-bond acceptors (Lipinski definition) is 4. The Kier molecular flexibility index (Phi) is 2.33. The SMILES string of the molecule is O=S1(=O)C[C@@H](O)[C@H](N2CCCC2)C1. The molecule has 0 unspecified atom stereocenters. The zero-order chi connectivity index (χ0) is 9.47. The Morgan fingerprint density at radius 3 is 2.23 bits per heavy atom. The van der Waals surface area contributed by atoms with Gasteiger partial charge in [-0.15, -0.1) is 0 Å². The number of nitrogens with zero attached hydrogens (tertiary/aromatic N) is 1. The van der Waals surface area contributed by atoms with Crippen molar-refractivity contribution in [2.24, 2.45) is 0 Å². The minimum absolute atomic E-state index is 0.0475. The Balaban J connectivity index is 2.08. The highest BCUT2D eigenvalue weighted by Gasteiger charge is 2.40. The number of aliphatic hydroxyl groups excluding tert-OH is 1. The number of aliphatic hydroxyl groups is 1. The fourth-order valence-corrected chi connectivity index (χ4v) is 4.06. The second kappa shape index (κ2) is 3.22. The molecule has 4 nitrogen and oxygen atoms in total. The van der Waals surface area contributed by atoms with Crippen molar-refractivity contribution in [1.82, 2.24) is 4.90 Å². The highest BCUT2D eigenvalue weighted by molar-refractivity contribution is 7.91. The normalized spacial score (nSPS) is 39.8. The van der Waals surface area contributed by atoms with E-state index in [4.69, 9.17) is 0 Å². The summed E-state index contributed by atoms with van der Waals surface area (Å²) in [5.41, 5.74) is 0. The lowest BCUT2D eigenvalue weighted by Gasteiger charge is -2.24. The lowest BCUT2D eigenvalue weighted by molar-refractivity contribution is 0.0988.